The van der Waals surface area contributed by atoms with Crippen molar-refractivity contribution in [1.29, 1.82) is 0 Å². The Morgan fingerprint density at radius 2 is 1.96 bits per heavy atom. The zero-order valence-corrected chi connectivity index (χ0v) is 14.1. The zero-order chi connectivity index (χ0) is 16.4. The lowest BCUT2D eigenvalue weighted by molar-refractivity contribution is 0.101. The molecule has 0 aliphatic carbocycles. The zero-order valence-electron chi connectivity index (χ0n) is 13.3. The van der Waals surface area contributed by atoms with Crippen molar-refractivity contribution in [1.82, 2.24) is 4.57 Å². The Morgan fingerprint density at radius 3 is 2.65 bits per heavy atom. The first-order chi connectivity index (χ1) is 11.2. The average Bonchev–Trinajstić information content (AvgIpc) is 3.15. The maximum Gasteiger partial charge on any atom is 0.272 e. The Morgan fingerprint density at radius 1 is 1.17 bits per heavy atom. The van der Waals surface area contributed by atoms with Gasteiger partial charge in [0.2, 0.25) is 0 Å². The fourth-order valence-corrected chi connectivity index (χ4v) is 3.44. The van der Waals surface area contributed by atoms with Gasteiger partial charge in [0, 0.05) is 18.3 Å². The molecule has 1 aromatic carbocycles. The lowest BCUT2D eigenvalue weighted by Crippen LogP contribution is -2.16. The fourth-order valence-electron chi connectivity index (χ4n) is 2.62. The van der Waals surface area contributed by atoms with E-state index in [1.54, 1.807) is 43.8 Å². The Kier molecular flexibility index (Phi) is 4.25. The molecular weight excluding hydrogens is 312 g/mol. The van der Waals surface area contributed by atoms with Crippen molar-refractivity contribution in [3.8, 4) is 11.5 Å². The van der Waals surface area contributed by atoms with Crippen LogP contribution in [0.1, 0.15) is 17.4 Å². The summed E-state index contributed by atoms with van der Waals surface area (Å²) in [6.45, 7) is 2.78. The molecule has 0 radical (unpaired) electrons. The predicted molar refractivity (Wildman–Crippen MR) is 93.0 cm³/mol. The van der Waals surface area contributed by atoms with Crippen LogP contribution in [0.4, 0.5) is 5.69 Å². The third-order valence-electron chi connectivity index (χ3n) is 3.71. The molecule has 0 fully saturated rings. The van der Waals surface area contributed by atoms with Gasteiger partial charge < -0.3 is 19.4 Å². The minimum atomic E-state index is -0.137. The van der Waals surface area contributed by atoms with Crippen LogP contribution in [0.5, 0.6) is 11.5 Å². The Hall–Kier alpha value is -2.47. The highest BCUT2D eigenvalue weighted by Gasteiger charge is 2.16. The third-order valence-corrected chi connectivity index (χ3v) is 4.57. The van der Waals surface area contributed by atoms with Gasteiger partial charge in [-0.15, -0.1) is 11.3 Å². The molecule has 2 heterocycles. The summed E-state index contributed by atoms with van der Waals surface area (Å²) in [5.74, 6) is 1.07. The van der Waals surface area contributed by atoms with Crippen molar-refractivity contribution >= 4 is 33.1 Å². The van der Waals surface area contributed by atoms with Crippen LogP contribution in [-0.2, 0) is 6.54 Å². The second-order valence-electron chi connectivity index (χ2n) is 4.97. The molecule has 6 heteroatoms. The molecular formula is C17H18N2O3S. The van der Waals surface area contributed by atoms with Crippen LogP contribution in [0.3, 0.4) is 0 Å². The van der Waals surface area contributed by atoms with Crippen LogP contribution in [0.25, 0.3) is 10.2 Å². The molecule has 1 amide bonds. The highest BCUT2D eigenvalue weighted by Crippen LogP contribution is 2.30. The van der Waals surface area contributed by atoms with Crippen LogP contribution in [0.15, 0.2) is 35.7 Å². The van der Waals surface area contributed by atoms with Gasteiger partial charge in [0.05, 0.1) is 24.4 Å². The van der Waals surface area contributed by atoms with Crippen LogP contribution in [0, 0.1) is 0 Å². The van der Waals surface area contributed by atoms with E-state index in [-0.39, 0.29) is 5.91 Å². The molecule has 120 valence electrons. The van der Waals surface area contributed by atoms with E-state index in [9.17, 15) is 4.79 Å². The number of nitrogens with zero attached hydrogens (tertiary/aromatic N) is 1. The number of nitrogens with one attached hydrogen (secondary N) is 1. The summed E-state index contributed by atoms with van der Waals surface area (Å²) in [5.41, 5.74) is 2.42. The number of thiophene rings is 1. The summed E-state index contributed by atoms with van der Waals surface area (Å²) in [5, 5.41) is 4.95. The topological polar surface area (TPSA) is 52.5 Å². The second kappa shape index (κ2) is 6.34. The predicted octanol–water partition coefficient (Wildman–Crippen LogP) is 3.99. The number of fused-ring (bicyclic) bond motifs is 1. The van der Waals surface area contributed by atoms with Crippen LogP contribution in [0.2, 0.25) is 0 Å². The monoisotopic (exact) mass is 330 g/mol. The van der Waals surface area contributed by atoms with Crippen LogP contribution < -0.4 is 14.8 Å². The van der Waals surface area contributed by atoms with Gasteiger partial charge >= 0.3 is 0 Å². The molecule has 3 rings (SSSR count). The molecule has 23 heavy (non-hydrogen) atoms. The van der Waals surface area contributed by atoms with E-state index in [0.29, 0.717) is 22.9 Å². The first kappa shape index (κ1) is 15.4. The van der Waals surface area contributed by atoms with Crippen LogP contribution in [-0.4, -0.2) is 24.7 Å². The molecule has 2 aromatic heterocycles. The third kappa shape index (κ3) is 2.77. The number of amides is 1. The maximum atomic E-state index is 12.6. The van der Waals surface area contributed by atoms with Gasteiger partial charge in [-0.2, -0.15) is 0 Å². The smallest absolute Gasteiger partial charge is 0.272 e. The number of hydrogen-bond donors (Lipinski definition) is 1. The molecule has 0 unspecified atom stereocenters. The summed E-state index contributed by atoms with van der Waals surface area (Å²) < 4.78 is 13.6. The quantitative estimate of drug-likeness (QED) is 0.769. The van der Waals surface area contributed by atoms with E-state index in [4.69, 9.17) is 9.47 Å². The van der Waals surface area contributed by atoms with E-state index in [2.05, 4.69) is 5.32 Å². The van der Waals surface area contributed by atoms with Crippen LogP contribution >= 0.6 is 11.3 Å². The largest absolute Gasteiger partial charge is 0.493 e. The molecule has 0 aliphatic rings. The molecule has 0 aliphatic heterocycles. The lowest BCUT2D eigenvalue weighted by atomic mass is 10.2. The highest BCUT2D eigenvalue weighted by atomic mass is 32.1. The summed E-state index contributed by atoms with van der Waals surface area (Å²) >= 11 is 1.64. The van der Waals surface area contributed by atoms with Crippen molar-refractivity contribution in [3.63, 3.8) is 0 Å². The van der Waals surface area contributed by atoms with Crippen molar-refractivity contribution in [2.24, 2.45) is 0 Å². The van der Waals surface area contributed by atoms with E-state index >= 15 is 0 Å². The Balaban J connectivity index is 1.90. The molecule has 0 atom stereocenters. The Bertz CT molecular complexity index is 851. The summed E-state index contributed by atoms with van der Waals surface area (Å²) in [6.07, 6.45) is 0. The number of aromatic nitrogens is 1. The minimum absolute atomic E-state index is 0.137. The maximum absolute atomic E-state index is 12.6. The molecule has 0 saturated carbocycles. The first-order valence-corrected chi connectivity index (χ1v) is 8.16. The van der Waals surface area contributed by atoms with Gasteiger partial charge in [-0.25, -0.2) is 0 Å². The SMILES string of the molecule is CCn1c(C(=O)Nc2ccc(OC)c(OC)c2)cc2sccc21. The number of hydrogen-bond acceptors (Lipinski definition) is 4. The van der Waals surface area contributed by atoms with Crippen molar-refractivity contribution in [2.75, 3.05) is 19.5 Å². The molecule has 5 nitrogen and oxygen atoms in total. The number of benzene rings is 1. The number of rotatable bonds is 5. The fraction of sp³-hybridized carbons (Fsp3) is 0.235. The Labute approximate surface area is 138 Å². The van der Waals surface area contributed by atoms with Gasteiger partial charge in [0.25, 0.3) is 5.91 Å². The number of ether oxygens (including phenoxy) is 2. The van der Waals surface area contributed by atoms with Gasteiger partial charge in [0.15, 0.2) is 11.5 Å². The number of methoxy groups -OCH3 is 2. The second-order valence-corrected chi connectivity index (χ2v) is 5.92. The molecule has 3 aromatic rings. The van der Waals surface area contributed by atoms with Gasteiger partial charge in [-0.3, -0.25) is 4.79 Å². The molecule has 1 N–H and O–H groups in total. The normalized spacial score (nSPS) is 10.7. The van der Waals surface area contributed by atoms with Crippen molar-refractivity contribution in [3.05, 3.63) is 41.4 Å². The summed E-state index contributed by atoms with van der Waals surface area (Å²) in [6, 6.07) is 9.28. The van der Waals surface area contributed by atoms with E-state index in [1.807, 2.05) is 29.0 Å². The van der Waals surface area contributed by atoms with E-state index in [1.165, 1.54) is 0 Å². The summed E-state index contributed by atoms with van der Waals surface area (Å²) in [7, 11) is 3.15. The highest BCUT2D eigenvalue weighted by molar-refractivity contribution is 7.17. The van der Waals surface area contributed by atoms with Crippen molar-refractivity contribution < 1.29 is 14.3 Å². The number of aryl methyl sites for hydroxylation is 1. The number of anilines is 1. The number of carbonyl (C=O) groups excluding carboxylic acids is 1. The molecule has 0 bridgehead atoms. The summed E-state index contributed by atoms with van der Waals surface area (Å²) in [4.78, 5) is 12.6. The standard InChI is InChI=1S/C17H18N2O3S/c1-4-19-12-7-8-23-16(12)10-13(19)17(20)18-11-5-6-14(21-2)15(9-11)22-3/h5-10H,4H2,1-3H3,(H,18,20). The lowest BCUT2D eigenvalue weighted by Gasteiger charge is -2.11. The first-order valence-electron chi connectivity index (χ1n) is 7.28. The van der Waals surface area contributed by atoms with E-state index < -0.39 is 0 Å². The average molecular weight is 330 g/mol. The van der Waals surface area contributed by atoms with Gasteiger partial charge in [-0.1, -0.05) is 0 Å². The molecule has 0 saturated heterocycles. The van der Waals surface area contributed by atoms with Gasteiger partial charge in [0.1, 0.15) is 5.69 Å². The van der Waals surface area contributed by atoms with E-state index in [0.717, 1.165) is 16.8 Å². The molecule has 0 spiro atoms. The minimum Gasteiger partial charge on any atom is -0.493 e. The number of carbonyl (C=O) groups is 1. The van der Waals surface area contributed by atoms with Gasteiger partial charge in [-0.05, 0) is 36.6 Å². The van der Waals surface area contributed by atoms with Crippen molar-refractivity contribution in [2.45, 2.75) is 13.5 Å².